The largest absolute Gasteiger partial charge is 0.493 e. The van der Waals surface area contributed by atoms with Crippen LogP contribution in [0.15, 0.2) is 54.4 Å². The molecule has 0 fully saturated rings. The number of ether oxygens (including phenoxy) is 3. The SMILES string of the molecule is COC(=O)C1=Cc2c(ncnc2Nc2ccc(Oc3cccc(OCC(C)C)c3)c(Cl)c2)NCC1. The van der Waals surface area contributed by atoms with Crippen molar-refractivity contribution >= 4 is 41.0 Å². The van der Waals surface area contributed by atoms with Gasteiger partial charge in [0, 0.05) is 23.9 Å². The van der Waals surface area contributed by atoms with Gasteiger partial charge in [-0.1, -0.05) is 31.5 Å². The highest BCUT2D eigenvalue weighted by Crippen LogP contribution is 2.35. The van der Waals surface area contributed by atoms with Crippen molar-refractivity contribution in [3.63, 3.8) is 0 Å². The second-order valence-corrected chi connectivity index (χ2v) is 8.78. The third-order valence-corrected chi connectivity index (χ3v) is 5.44. The molecule has 0 unspecified atom stereocenters. The summed E-state index contributed by atoms with van der Waals surface area (Å²) >= 11 is 6.53. The Bertz CT molecular complexity index is 1250. The van der Waals surface area contributed by atoms with Crippen molar-refractivity contribution in [2.24, 2.45) is 5.92 Å². The smallest absolute Gasteiger partial charge is 0.333 e. The highest BCUT2D eigenvalue weighted by atomic mass is 35.5. The summed E-state index contributed by atoms with van der Waals surface area (Å²) in [6, 6.07) is 12.8. The van der Waals surface area contributed by atoms with Crippen molar-refractivity contribution in [3.8, 4) is 17.2 Å². The fourth-order valence-electron chi connectivity index (χ4n) is 3.44. The molecule has 1 aromatic heterocycles. The predicted octanol–water partition coefficient (Wildman–Crippen LogP) is 6.07. The standard InChI is InChI=1S/C26H27ClN4O4/c1-16(2)14-34-19-5-4-6-20(13-19)35-23-8-7-18(12-22(23)27)31-25-21-11-17(26(32)33-3)9-10-28-24(21)29-15-30-25/h4-8,11-13,15-16H,9-10,14H2,1-3H3,(H2,28,29,30,31). The molecule has 3 aromatic rings. The van der Waals surface area contributed by atoms with E-state index >= 15 is 0 Å². The van der Waals surface area contributed by atoms with Crippen LogP contribution in [-0.4, -0.2) is 36.2 Å². The number of fused-ring (bicyclic) bond motifs is 1. The first kappa shape index (κ1) is 24.3. The molecule has 0 atom stereocenters. The number of nitrogens with one attached hydrogen (secondary N) is 2. The van der Waals surface area contributed by atoms with Gasteiger partial charge in [0.05, 0.1) is 24.3 Å². The van der Waals surface area contributed by atoms with E-state index in [0.717, 1.165) is 5.75 Å². The molecule has 2 heterocycles. The van der Waals surface area contributed by atoms with Gasteiger partial charge in [-0.2, -0.15) is 0 Å². The first-order chi connectivity index (χ1) is 16.9. The molecule has 0 bridgehead atoms. The van der Waals surface area contributed by atoms with Crippen LogP contribution in [0.2, 0.25) is 5.02 Å². The minimum absolute atomic E-state index is 0.377. The number of hydrogen-bond acceptors (Lipinski definition) is 8. The average molecular weight is 495 g/mol. The monoisotopic (exact) mass is 494 g/mol. The fraction of sp³-hybridized carbons (Fsp3) is 0.269. The number of anilines is 3. The zero-order chi connectivity index (χ0) is 24.8. The van der Waals surface area contributed by atoms with Crippen LogP contribution in [0, 0.1) is 5.92 Å². The molecule has 182 valence electrons. The molecule has 0 saturated carbocycles. The molecular formula is C26H27ClN4O4. The summed E-state index contributed by atoms with van der Waals surface area (Å²) in [5, 5.41) is 6.90. The molecule has 0 spiro atoms. The summed E-state index contributed by atoms with van der Waals surface area (Å²) in [6.07, 6.45) is 3.72. The number of aromatic nitrogens is 2. The van der Waals surface area contributed by atoms with E-state index in [1.54, 1.807) is 18.2 Å². The van der Waals surface area contributed by atoms with E-state index in [4.69, 9.17) is 25.8 Å². The van der Waals surface area contributed by atoms with Crippen LogP contribution in [0.5, 0.6) is 17.2 Å². The van der Waals surface area contributed by atoms with E-state index in [9.17, 15) is 4.79 Å². The molecule has 1 aliphatic rings. The Morgan fingerprint density at radius 3 is 2.77 bits per heavy atom. The number of carbonyl (C=O) groups excluding carboxylic acids is 1. The Labute approximate surface area is 209 Å². The van der Waals surface area contributed by atoms with E-state index < -0.39 is 0 Å². The number of nitrogens with zero attached hydrogens (tertiary/aromatic N) is 2. The van der Waals surface area contributed by atoms with Gasteiger partial charge in [-0.15, -0.1) is 0 Å². The molecule has 1 aliphatic heterocycles. The number of benzene rings is 2. The Kier molecular flexibility index (Phi) is 7.72. The molecule has 2 aromatic carbocycles. The normalized spacial score (nSPS) is 12.7. The molecule has 9 heteroatoms. The Morgan fingerprint density at radius 1 is 1.17 bits per heavy atom. The van der Waals surface area contributed by atoms with Gasteiger partial charge in [0.1, 0.15) is 35.2 Å². The minimum Gasteiger partial charge on any atom is -0.493 e. The number of rotatable bonds is 8. The molecule has 2 N–H and O–H groups in total. The lowest BCUT2D eigenvalue weighted by Gasteiger charge is -2.14. The summed E-state index contributed by atoms with van der Waals surface area (Å²) in [5.41, 5.74) is 1.91. The topological polar surface area (TPSA) is 94.6 Å². The van der Waals surface area contributed by atoms with Crippen LogP contribution < -0.4 is 20.1 Å². The van der Waals surface area contributed by atoms with E-state index in [-0.39, 0.29) is 5.97 Å². The molecule has 0 amide bonds. The Morgan fingerprint density at radius 2 is 2.00 bits per heavy atom. The Hall–Kier alpha value is -3.78. The zero-order valence-corrected chi connectivity index (χ0v) is 20.6. The molecule has 35 heavy (non-hydrogen) atoms. The molecule has 0 radical (unpaired) electrons. The summed E-state index contributed by atoms with van der Waals surface area (Å²) in [7, 11) is 1.36. The van der Waals surface area contributed by atoms with Gasteiger partial charge in [-0.25, -0.2) is 14.8 Å². The third kappa shape index (κ3) is 6.22. The van der Waals surface area contributed by atoms with Crippen LogP contribution in [0.25, 0.3) is 6.08 Å². The molecule has 0 saturated heterocycles. The number of halogens is 1. The van der Waals surface area contributed by atoms with Crippen molar-refractivity contribution < 1.29 is 19.0 Å². The molecule has 4 rings (SSSR count). The van der Waals surface area contributed by atoms with Crippen molar-refractivity contribution in [3.05, 3.63) is 65.0 Å². The first-order valence-corrected chi connectivity index (χ1v) is 11.7. The second-order valence-electron chi connectivity index (χ2n) is 8.37. The van der Waals surface area contributed by atoms with E-state index in [1.807, 2.05) is 30.3 Å². The number of carbonyl (C=O) groups is 1. The number of hydrogen-bond donors (Lipinski definition) is 2. The molecule has 8 nitrogen and oxygen atoms in total. The summed E-state index contributed by atoms with van der Waals surface area (Å²) in [6.45, 7) is 5.38. The maximum Gasteiger partial charge on any atom is 0.333 e. The second kappa shape index (κ2) is 11.1. The lowest BCUT2D eigenvalue weighted by atomic mass is 10.1. The van der Waals surface area contributed by atoms with Crippen LogP contribution in [0.3, 0.4) is 0 Å². The Balaban J connectivity index is 1.53. The van der Waals surface area contributed by atoms with Gasteiger partial charge >= 0.3 is 5.97 Å². The molecule has 0 aliphatic carbocycles. The van der Waals surface area contributed by atoms with Gasteiger partial charge in [-0.05, 0) is 48.7 Å². The van der Waals surface area contributed by atoms with Crippen molar-refractivity contribution in [2.75, 3.05) is 30.9 Å². The van der Waals surface area contributed by atoms with Crippen molar-refractivity contribution in [1.29, 1.82) is 0 Å². The van der Waals surface area contributed by atoms with E-state index in [0.29, 0.717) is 70.5 Å². The highest BCUT2D eigenvalue weighted by Gasteiger charge is 2.19. The number of esters is 1. The van der Waals surface area contributed by atoms with Crippen molar-refractivity contribution in [2.45, 2.75) is 20.3 Å². The summed E-state index contributed by atoms with van der Waals surface area (Å²) < 4.78 is 16.6. The van der Waals surface area contributed by atoms with Crippen molar-refractivity contribution in [1.82, 2.24) is 9.97 Å². The van der Waals surface area contributed by atoms with Gasteiger partial charge in [0.25, 0.3) is 0 Å². The maximum absolute atomic E-state index is 12.1. The third-order valence-electron chi connectivity index (χ3n) is 5.15. The quantitative estimate of drug-likeness (QED) is 0.364. The van der Waals surface area contributed by atoms with Gasteiger partial charge in [-0.3, -0.25) is 0 Å². The first-order valence-electron chi connectivity index (χ1n) is 11.3. The predicted molar refractivity (Wildman–Crippen MR) is 137 cm³/mol. The average Bonchev–Trinajstić information content (AvgIpc) is 3.08. The molecular weight excluding hydrogens is 468 g/mol. The van der Waals surface area contributed by atoms with Gasteiger partial charge < -0.3 is 24.8 Å². The minimum atomic E-state index is -0.377. The van der Waals surface area contributed by atoms with Crippen LogP contribution in [0.4, 0.5) is 17.3 Å². The van der Waals surface area contributed by atoms with Crippen LogP contribution in [-0.2, 0) is 9.53 Å². The van der Waals surface area contributed by atoms with Crippen LogP contribution >= 0.6 is 11.6 Å². The van der Waals surface area contributed by atoms with Gasteiger partial charge in [0.15, 0.2) is 0 Å². The van der Waals surface area contributed by atoms with Crippen LogP contribution in [0.1, 0.15) is 25.8 Å². The number of methoxy groups -OCH3 is 1. The summed E-state index contributed by atoms with van der Waals surface area (Å²) in [5.74, 6) is 3.09. The zero-order valence-electron chi connectivity index (χ0n) is 19.8. The lowest BCUT2D eigenvalue weighted by Crippen LogP contribution is -2.08. The maximum atomic E-state index is 12.1. The van der Waals surface area contributed by atoms with E-state index in [1.165, 1.54) is 13.4 Å². The fourth-order valence-corrected chi connectivity index (χ4v) is 3.66. The summed E-state index contributed by atoms with van der Waals surface area (Å²) in [4.78, 5) is 20.8. The van der Waals surface area contributed by atoms with E-state index in [2.05, 4.69) is 34.4 Å². The van der Waals surface area contributed by atoms with Gasteiger partial charge in [0.2, 0.25) is 0 Å². The lowest BCUT2D eigenvalue weighted by molar-refractivity contribution is -0.136. The highest BCUT2D eigenvalue weighted by molar-refractivity contribution is 6.32.